The van der Waals surface area contributed by atoms with Crippen molar-refractivity contribution in [1.82, 2.24) is 10.2 Å². The smallest absolute Gasteiger partial charge is 0.242 e. The largest absolute Gasteiger partial charge is 0.494 e. The third-order valence-corrected chi connectivity index (χ3v) is 4.41. The topological polar surface area (TPSA) is 58.6 Å². The summed E-state index contributed by atoms with van der Waals surface area (Å²) < 4.78 is 5.68. The first-order valence-electron chi connectivity index (χ1n) is 10.1. The molecule has 29 heavy (non-hydrogen) atoms. The summed E-state index contributed by atoms with van der Waals surface area (Å²) in [4.78, 5) is 27.3. The van der Waals surface area contributed by atoms with Crippen LogP contribution in [0.4, 0.5) is 0 Å². The van der Waals surface area contributed by atoms with Crippen LogP contribution < -0.4 is 10.1 Å². The highest BCUT2D eigenvalue weighted by molar-refractivity contribution is 5.87. The summed E-state index contributed by atoms with van der Waals surface area (Å²) in [5.41, 5.74) is 0.646. The second-order valence-electron chi connectivity index (χ2n) is 8.19. The van der Waals surface area contributed by atoms with Gasteiger partial charge in [-0.25, -0.2) is 0 Å². The lowest BCUT2D eigenvalue weighted by Gasteiger charge is -2.31. The molecule has 0 bridgehead atoms. The van der Waals surface area contributed by atoms with Gasteiger partial charge in [-0.05, 0) is 51.8 Å². The van der Waals surface area contributed by atoms with Crippen molar-refractivity contribution in [2.75, 3.05) is 6.61 Å². The Morgan fingerprint density at radius 3 is 2.17 bits per heavy atom. The highest BCUT2D eigenvalue weighted by Crippen LogP contribution is 2.14. The van der Waals surface area contributed by atoms with Crippen molar-refractivity contribution in [2.24, 2.45) is 0 Å². The fraction of sp³-hybridized carbons (Fsp3) is 0.417. The van der Waals surface area contributed by atoms with Crippen molar-refractivity contribution in [2.45, 2.75) is 58.7 Å². The molecule has 5 nitrogen and oxygen atoms in total. The van der Waals surface area contributed by atoms with Gasteiger partial charge < -0.3 is 15.0 Å². The second kappa shape index (κ2) is 10.6. The number of ether oxygens (including phenoxy) is 1. The van der Waals surface area contributed by atoms with E-state index >= 15 is 0 Å². The number of carbonyl (C=O) groups excluding carboxylic acids is 2. The molecule has 0 spiro atoms. The molecule has 2 aromatic carbocycles. The van der Waals surface area contributed by atoms with Gasteiger partial charge in [0, 0.05) is 18.5 Å². The zero-order valence-corrected chi connectivity index (χ0v) is 17.9. The van der Waals surface area contributed by atoms with Crippen molar-refractivity contribution < 1.29 is 14.3 Å². The number of rotatable bonds is 9. The molecule has 0 fully saturated rings. The number of nitrogens with zero attached hydrogens (tertiary/aromatic N) is 1. The second-order valence-corrected chi connectivity index (χ2v) is 8.19. The predicted molar refractivity (Wildman–Crippen MR) is 116 cm³/mol. The first-order valence-corrected chi connectivity index (χ1v) is 10.1. The standard InChI is InChI=1S/C24H32N2O3/c1-19(23(28)25-24(2,3)4)26(18-20-12-7-5-8-13-20)22(27)16-11-17-29-21-14-9-6-10-15-21/h5-10,12-15,19H,11,16-18H2,1-4H3,(H,25,28)/t19-/m1/s1. The van der Waals surface area contributed by atoms with E-state index in [0.717, 1.165) is 11.3 Å². The van der Waals surface area contributed by atoms with Crippen LogP contribution in [0.1, 0.15) is 46.1 Å². The lowest BCUT2D eigenvalue weighted by Crippen LogP contribution is -2.52. The summed E-state index contributed by atoms with van der Waals surface area (Å²) in [5, 5.41) is 2.97. The number of nitrogens with one attached hydrogen (secondary N) is 1. The van der Waals surface area contributed by atoms with Crippen LogP contribution in [0.15, 0.2) is 60.7 Å². The normalized spacial score (nSPS) is 12.1. The van der Waals surface area contributed by atoms with Crippen molar-refractivity contribution in [3.63, 3.8) is 0 Å². The van der Waals surface area contributed by atoms with Gasteiger partial charge in [0.05, 0.1) is 6.61 Å². The molecule has 0 aliphatic carbocycles. The molecule has 5 heteroatoms. The van der Waals surface area contributed by atoms with E-state index in [0.29, 0.717) is 26.0 Å². The first-order chi connectivity index (χ1) is 13.8. The van der Waals surface area contributed by atoms with E-state index in [1.165, 1.54) is 0 Å². The molecule has 2 aromatic rings. The lowest BCUT2D eigenvalue weighted by atomic mass is 10.1. The van der Waals surface area contributed by atoms with Gasteiger partial charge in [0.2, 0.25) is 11.8 Å². The molecule has 2 amide bonds. The number of benzene rings is 2. The van der Waals surface area contributed by atoms with Crippen LogP contribution in [0.25, 0.3) is 0 Å². The summed E-state index contributed by atoms with van der Waals surface area (Å²) in [6.45, 7) is 8.43. The molecule has 1 atom stereocenters. The fourth-order valence-electron chi connectivity index (χ4n) is 2.91. The molecule has 0 aliphatic rings. The number of hydrogen-bond acceptors (Lipinski definition) is 3. The molecular weight excluding hydrogens is 364 g/mol. The Balaban J connectivity index is 1.99. The zero-order chi connectivity index (χ0) is 21.3. The molecule has 0 saturated heterocycles. The molecule has 0 heterocycles. The molecule has 0 aliphatic heterocycles. The van der Waals surface area contributed by atoms with Gasteiger partial charge in [0.25, 0.3) is 0 Å². The van der Waals surface area contributed by atoms with E-state index in [-0.39, 0.29) is 17.4 Å². The van der Waals surface area contributed by atoms with Gasteiger partial charge >= 0.3 is 0 Å². The SMILES string of the molecule is C[C@H](C(=O)NC(C)(C)C)N(Cc1ccccc1)C(=O)CCCOc1ccccc1. The first kappa shape index (κ1) is 22.5. The van der Waals surface area contributed by atoms with Gasteiger partial charge in [-0.1, -0.05) is 48.5 Å². The van der Waals surface area contributed by atoms with Crippen LogP contribution in [-0.2, 0) is 16.1 Å². The minimum atomic E-state index is -0.558. The molecule has 0 unspecified atom stereocenters. The number of hydrogen-bond donors (Lipinski definition) is 1. The van der Waals surface area contributed by atoms with E-state index in [2.05, 4.69) is 5.32 Å². The minimum Gasteiger partial charge on any atom is -0.494 e. The maximum absolute atomic E-state index is 13.0. The summed E-state index contributed by atoms with van der Waals surface area (Å²) in [6.07, 6.45) is 0.916. The van der Waals surface area contributed by atoms with Crippen LogP contribution in [0, 0.1) is 0 Å². The zero-order valence-electron chi connectivity index (χ0n) is 17.9. The molecule has 0 radical (unpaired) electrons. The Morgan fingerprint density at radius 1 is 1.00 bits per heavy atom. The quantitative estimate of drug-likeness (QED) is 0.647. The van der Waals surface area contributed by atoms with E-state index in [9.17, 15) is 9.59 Å². The van der Waals surface area contributed by atoms with Crippen LogP contribution in [0.2, 0.25) is 0 Å². The fourth-order valence-corrected chi connectivity index (χ4v) is 2.91. The summed E-state index contributed by atoms with van der Waals surface area (Å²) in [7, 11) is 0. The molecule has 0 aromatic heterocycles. The Morgan fingerprint density at radius 2 is 1.59 bits per heavy atom. The van der Waals surface area contributed by atoms with E-state index in [1.54, 1.807) is 11.8 Å². The molecule has 0 saturated carbocycles. The molecular formula is C24H32N2O3. The van der Waals surface area contributed by atoms with Crippen molar-refractivity contribution in [1.29, 1.82) is 0 Å². The average molecular weight is 397 g/mol. The van der Waals surface area contributed by atoms with Crippen molar-refractivity contribution in [3.8, 4) is 5.75 Å². The third kappa shape index (κ3) is 7.98. The number of carbonyl (C=O) groups is 2. The van der Waals surface area contributed by atoms with Gasteiger partial charge in [0.15, 0.2) is 0 Å². The highest BCUT2D eigenvalue weighted by atomic mass is 16.5. The predicted octanol–water partition coefficient (Wildman–Crippen LogP) is 4.18. The minimum absolute atomic E-state index is 0.0536. The highest BCUT2D eigenvalue weighted by Gasteiger charge is 2.28. The Labute approximate surface area is 174 Å². The van der Waals surface area contributed by atoms with Crippen LogP contribution in [0.3, 0.4) is 0 Å². The van der Waals surface area contributed by atoms with E-state index in [4.69, 9.17) is 4.74 Å². The van der Waals surface area contributed by atoms with Crippen LogP contribution >= 0.6 is 0 Å². The Hall–Kier alpha value is -2.82. The molecule has 1 N–H and O–H groups in total. The van der Waals surface area contributed by atoms with Gasteiger partial charge in [0.1, 0.15) is 11.8 Å². The van der Waals surface area contributed by atoms with E-state index in [1.807, 2.05) is 81.4 Å². The number of para-hydroxylation sites is 1. The Kier molecular flexibility index (Phi) is 8.25. The van der Waals surface area contributed by atoms with Crippen LogP contribution in [-0.4, -0.2) is 34.9 Å². The Bertz CT molecular complexity index is 770. The summed E-state index contributed by atoms with van der Waals surface area (Å²) in [6, 6.07) is 18.7. The average Bonchev–Trinajstić information content (AvgIpc) is 2.69. The monoisotopic (exact) mass is 396 g/mol. The summed E-state index contributed by atoms with van der Waals surface area (Å²) in [5.74, 6) is 0.586. The molecule has 156 valence electrons. The van der Waals surface area contributed by atoms with Crippen LogP contribution in [0.5, 0.6) is 5.75 Å². The summed E-state index contributed by atoms with van der Waals surface area (Å²) >= 11 is 0. The van der Waals surface area contributed by atoms with Gasteiger partial charge in [-0.15, -0.1) is 0 Å². The maximum atomic E-state index is 13.0. The molecule has 2 rings (SSSR count). The lowest BCUT2D eigenvalue weighted by molar-refractivity contribution is -0.141. The van der Waals surface area contributed by atoms with Gasteiger partial charge in [-0.3, -0.25) is 9.59 Å². The van der Waals surface area contributed by atoms with Crippen molar-refractivity contribution in [3.05, 3.63) is 66.2 Å². The van der Waals surface area contributed by atoms with Crippen molar-refractivity contribution >= 4 is 11.8 Å². The maximum Gasteiger partial charge on any atom is 0.242 e. The van der Waals surface area contributed by atoms with E-state index < -0.39 is 6.04 Å². The van der Waals surface area contributed by atoms with Gasteiger partial charge in [-0.2, -0.15) is 0 Å². The third-order valence-electron chi connectivity index (χ3n) is 4.41. The number of amides is 2.